The number of ether oxygens (including phenoxy) is 2. The summed E-state index contributed by atoms with van der Waals surface area (Å²) in [5, 5.41) is 12.3. The number of aliphatic hydroxyl groups is 1. The van der Waals surface area contributed by atoms with Gasteiger partial charge in [0.05, 0.1) is 12.2 Å². The van der Waals surface area contributed by atoms with Crippen molar-refractivity contribution >= 4 is 29.4 Å². The number of halogens is 1. The average molecular weight is 656 g/mol. The van der Waals surface area contributed by atoms with Crippen LogP contribution in [-0.4, -0.2) is 58.1 Å². The van der Waals surface area contributed by atoms with Crippen LogP contribution in [0.4, 0.5) is 4.39 Å². The van der Waals surface area contributed by atoms with Crippen molar-refractivity contribution in [3.8, 4) is 0 Å². The summed E-state index contributed by atoms with van der Waals surface area (Å²) < 4.78 is 28.6. The lowest BCUT2D eigenvalue weighted by Gasteiger charge is -2.46. The van der Waals surface area contributed by atoms with E-state index in [1.807, 2.05) is 97.0 Å². The third-order valence-corrected chi connectivity index (χ3v) is 10.7. The Kier molecular flexibility index (Phi) is 13.6. The number of aliphatic imine (C=N–C) groups is 1. The highest BCUT2D eigenvalue weighted by molar-refractivity contribution is 6.08. The molecule has 0 aliphatic carbocycles. The molecule has 1 saturated heterocycles. The van der Waals surface area contributed by atoms with E-state index < -0.39 is 57.9 Å². The van der Waals surface area contributed by atoms with Gasteiger partial charge in [0, 0.05) is 29.9 Å². The van der Waals surface area contributed by atoms with Gasteiger partial charge in [0.2, 0.25) is 5.91 Å². The number of carbonyl (C=O) groups excluding carboxylic acids is 3. The van der Waals surface area contributed by atoms with Gasteiger partial charge < -0.3 is 14.6 Å². The summed E-state index contributed by atoms with van der Waals surface area (Å²) >= 11 is 0. The number of allylic oxidation sites excluding steroid dienone is 2. The lowest BCUT2D eigenvalue weighted by Crippen LogP contribution is -2.56. The Morgan fingerprint density at radius 2 is 1.68 bits per heavy atom. The number of amides is 1. The van der Waals surface area contributed by atoms with Crippen LogP contribution in [0.3, 0.4) is 0 Å². The van der Waals surface area contributed by atoms with E-state index in [1.165, 1.54) is 6.92 Å². The number of hydrogen-bond donors (Lipinski definition) is 1. The Balaban J connectivity index is 2.78. The average Bonchev–Trinajstić information content (AvgIpc) is 2.99. The van der Waals surface area contributed by atoms with Crippen LogP contribution in [-0.2, 0) is 23.9 Å². The van der Waals surface area contributed by atoms with Crippen molar-refractivity contribution in [2.75, 3.05) is 6.61 Å². The van der Waals surface area contributed by atoms with E-state index in [2.05, 4.69) is 4.99 Å². The molecule has 0 saturated carbocycles. The predicted molar refractivity (Wildman–Crippen MR) is 187 cm³/mol. The number of benzene rings is 1. The molecule has 6 atom stereocenters. The number of rotatable bonds is 6. The van der Waals surface area contributed by atoms with Gasteiger partial charge in [-0.1, -0.05) is 97.0 Å². The summed E-state index contributed by atoms with van der Waals surface area (Å²) in [5.41, 5.74) is -3.82. The maximum atomic E-state index is 16.3. The van der Waals surface area contributed by atoms with Crippen LogP contribution in [0.1, 0.15) is 108 Å². The highest BCUT2D eigenvalue weighted by Gasteiger charge is 2.55. The Morgan fingerprint density at radius 1 is 1.09 bits per heavy atom. The number of carbonyl (C=O) groups is 3. The second-order valence-electron chi connectivity index (χ2n) is 14.9. The lowest BCUT2D eigenvalue weighted by molar-refractivity contribution is -0.188. The quantitative estimate of drug-likeness (QED) is 0.189. The summed E-state index contributed by atoms with van der Waals surface area (Å²) in [6, 6.07) is 9.91. The molecule has 1 aliphatic rings. The van der Waals surface area contributed by atoms with E-state index in [1.54, 1.807) is 20.8 Å². The van der Waals surface area contributed by atoms with Gasteiger partial charge in [-0.2, -0.15) is 0 Å². The molecule has 0 aromatic heterocycles. The highest BCUT2D eigenvalue weighted by atomic mass is 19.1. The molecule has 1 N–H and O–H groups in total. The first-order valence-corrected chi connectivity index (χ1v) is 16.9. The van der Waals surface area contributed by atoms with Gasteiger partial charge in [-0.05, 0) is 69.9 Å². The SMILES string of the molecule is CC[C@H]1OC(=O)[C@@](C)(F)C(=O)[C@H](C)C(C)(C)C(C)(C)OC/C(=C/C=C/c2ccccc2)CC[C@H]([C@@H](C)C(=NC(C)=O)C(C)C)[C@]1(C)O. The molecule has 0 bridgehead atoms. The van der Waals surface area contributed by atoms with Crippen molar-refractivity contribution < 1.29 is 33.4 Å². The topological polar surface area (TPSA) is 102 Å². The van der Waals surface area contributed by atoms with E-state index in [4.69, 9.17) is 9.47 Å². The van der Waals surface area contributed by atoms with E-state index >= 15 is 4.39 Å². The molecule has 7 nitrogen and oxygen atoms in total. The Morgan fingerprint density at radius 3 is 2.21 bits per heavy atom. The van der Waals surface area contributed by atoms with Gasteiger partial charge in [-0.3, -0.25) is 9.59 Å². The molecule has 2 rings (SSSR count). The smallest absolute Gasteiger partial charge is 0.351 e. The zero-order valence-corrected chi connectivity index (χ0v) is 30.6. The molecule has 1 fully saturated rings. The molecule has 47 heavy (non-hydrogen) atoms. The van der Waals surface area contributed by atoms with Gasteiger partial charge in [-0.15, -0.1) is 0 Å². The summed E-state index contributed by atoms with van der Waals surface area (Å²) in [5.74, 6) is -4.58. The number of nitrogens with zero attached hydrogens (tertiary/aromatic N) is 1. The molecule has 0 unspecified atom stereocenters. The van der Waals surface area contributed by atoms with Crippen molar-refractivity contribution in [2.45, 2.75) is 125 Å². The van der Waals surface area contributed by atoms with Crippen LogP contribution >= 0.6 is 0 Å². The largest absolute Gasteiger partial charge is 0.457 e. The molecule has 1 amide bonds. The third kappa shape index (κ3) is 9.56. The second-order valence-corrected chi connectivity index (χ2v) is 14.9. The summed E-state index contributed by atoms with van der Waals surface area (Å²) in [7, 11) is 0. The molecule has 0 spiro atoms. The number of ketones is 1. The molecule has 1 heterocycles. The number of Topliss-reactive ketones (excluding diaryl/α,β-unsaturated/α-hetero) is 1. The minimum absolute atomic E-state index is 0.104. The number of hydrogen-bond acceptors (Lipinski definition) is 6. The maximum absolute atomic E-state index is 16.3. The molecular weight excluding hydrogens is 597 g/mol. The monoisotopic (exact) mass is 655 g/mol. The molecule has 0 radical (unpaired) electrons. The van der Waals surface area contributed by atoms with Crippen molar-refractivity contribution in [2.24, 2.45) is 34.1 Å². The van der Waals surface area contributed by atoms with Gasteiger partial charge in [0.15, 0.2) is 5.78 Å². The molecule has 1 aromatic rings. The van der Waals surface area contributed by atoms with Crippen LogP contribution in [0.2, 0.25) is 0 Å². The van der Waals surface area contributed by atoms with E-state index in [0.29, 0.717) is 18.6 Å². The molecule has 8 heteroatoms. The van der Waals surface area contributed by atoms with E-state index in [9.17, 15) is 19.5 Å². The fourth-order valence-corrected chi connectivity index (χ4v) is 6.51. The van der Waals surface area contributed by atoms with Crippen LogP contribution in [0, 0.1) is 29.1 Å². The minimum Gasteiger partial charge on any atom is -0.457 e. The summed E-state index contributed by atoms with van der Waals surface area (Å²) in [6.07, 6.45) is 5.93. The van der Waals surface area contributed by atoms with Crippen LogP contribution < -0.4 is 0 Å². The lowest BCUT2D eigenvalue weighted by atomic mass is 9.65. The van der Waals surface area contributed by atoms with Crippen molar-refractivity contribution in [1.82, 2.24) is 0 Å². The fourth-order valence-electron chi connectivity index (χ4n) is 6.51. The molecule has 262 valence electrons. The number of cyclic esters (lactones) is 1. The maximum Gasteiger partial charge on any atom is 0.351 e. The number of esters is 1. The van der Waals surface area contributed by atoms with Crippen molar-refractivity contribution in [1.29, 1.82) is 0 Å². The Bertz CT molecular complexity index is 1340. The number of alkyl halides is 1. The van der Waals surface area contributed by atoms with Gasteiger partial charge in [-0.25, -0.2) is 14.2 Å². The standard InChI is InChI=1S/C39H58FNO6/c1-13-32-39(12,45)31(26(4)33(25(2)3)41-28(6)42)23-22-30(21-17-20-29-18-15-14-16-19-29)24-46-37(9,10)36(7,8)27(5)34(43)38(11,40)35(44)47-32/h14-21,25-27,31-32,45H,13,22-24H2,1-12H3/b20-17+,30-21+,41-33?/t26-,27+,31-,32-,38+,39+/m1/s1. The summed E-state index contributed by atoms with van der Waals surface area (Å²) in [4.78, 5) is 43.7. The second kappa shape index (κ2) is 16.0. The predicted octanol–water partition coefficient (Wildman–Crippen LogP) is 8.14. The van der Waals surface area contributed by atoms with Crippen LogP contribution in [0.5, 0.6) is 0 Å². The van der Waals surface area contributed by atoms with Crippen LogP contribution in [0.25, 0.3) is 6.08 Å². The first-order chi connectivity index (χ1) is 21.6. The highest BCUT2D eigenvalue weighted by Crippen LogP contribution is 2.44. The van der Waals surface area contributed by atoms with Crippen LogP contribution in [0.15, 0.2) is 53.0 Å². The fraction of sp³-hybridized carbons (Fsp3) is 0.641. The first-order valence-electron chi connectivity index (χ1n) is 16.9. The van der Waals surface area contributed by atoms with E-state index in [-0.39, 0.29) is 24.9 Å². The van der Waals surface area contributed by atoms with E-state index in [0.717, 1.165) is 18.1 Å². The van der Waals surface area contributed by atoms with Gasteiger partial charge in [0.25, 0.3) is 5.67 Å². The normalized spacial score (nSPS) is 31.3. The molecular formula is C39H58FNO6. The molecule has 1 aliphatic heterocycles. The minimum atomic E-state index is -2.95. The van der Waals surface area contributed by atoms with Crippen molar-refractivity contribution in [3.05, 3.63) is 53.6 Å². The van der Waals surface area contributed by atoms with Gasteiger partial charge >= 0.3 is 5.97 Å². The zero-order valence-electron chi connectivity index (χ0n) is 30.6. The third-order valence-electron chi connectivity index (χ3n) is 10.7. The Hall–Kier alpha value is -2.97. The first kappa shape index (κ1) is 40.2. The van der Waals surface area contributed by atoms with Crippen molar-refractivity contribution in [3.63, 3.8) is 0 Å². The summed E-state index contributed by atoms with van der Waals surface area (Å²) in [6.45, 7) is 20.7. The zero-order chi connectivity index (χ0) is 36.0. The van der Waals surface area contributed by atoms with Gasteiger partial charge in [0.1, 0.15) is 11.7 Å². The molecule has 1 aromatic carbocycles. The Labute approximate surface area is 282 Å².